The quantitative estimate of drug-likeness (QED) is 0.614. The lowest BCUT2D eigenvalue weighted by Gasteiger charge is -2.27. The van der Waals surface area contributed by atoms with Crippen LogP contribution in [-0.4, -0.2) is 64.2 Å². The van der Waals surface area contributed by atoms with Gasteiger partial charge in [-0.2, -0.15) is 0 Å². The highest BCUT2D eigenvalue weighted by Gasteiger charge is 2.30. The highest BCUT2D eigenvalue weighted by atomic mass is 32.2. The first kappa shape index (κ1) is 23.1. The van der Waals surface area contributed by atoms with E-state index in [1.807, 2.05) is 0 Å². The van der Waals surface area contributed by atoms with E-state index in [0.717, 1.165) is 50.1 Å². The zero-order chi connectivity index (χ0) is 22.7. The van der Waals surface area contributed by atoms with Gasteiger partial charge in [0.15, 0.2) is 5.16 Å². The zero-order valence-corrected chi connectivity index (χ0v) is 20.5. The minimum absolute atomic E-state index is 0.135. The number of carbonyl (C=O) groups is 1. The first-order valence-electron chi connectivity index (χ1n) is 11.7. The van der Waals surface area contributed by atoms with E-state index < -0.39 is 0 Å². The van der Waals surface area contributed by atoms with E-state index in [9.17, 15) is 4.79 Å². The zero-order valence-electron chi connectivity index (χ0n) is 19.7. The van der Waals surface area contributed by atoms with Gasteiger partial charge in [0.25, 0.3) is 0 Å². The number of carbonyl (C=O) groups excluding carboxylic acids is 1. The summed E-state index contributed by atoms with van der Waals surface area (Å²) in [6, 6.07) is 8.99. The van der Waals surface area contributed by atoms with Crippen molar-refractivity contribution < 1.29 is 9.53 Å². The number of benzene rings is 1. The van der Waals surface area contributed by atoms with E-state index in [1.165, 1.54) is 22.9 Å². The Morgan fingerprint density at radius 2 is 1.84 bits per heavy atom. The predicted octanol–water partition coefficient (Wildman–Crippen LogP) is 3.89. The van der Waals surface area contributed by atoms with Gasteiger partial charge in [0, 0.05) is 26.2 Å². The van der Waals surface area contributed by atoms with Gasteiger partial charge in [0.05, 0.1) is 25.0 Å². The standard InChI is InChI=1S/C24H35N5O2S/c1-5-28-22(27-13-15-31-16-14-27)25-26-23(28)32-17-21(30)29-12-6-7-20(29)18-8-10-19(11-9-18)24(2,3)4/h8-11,20H,5-7,12-17H2,1-4H3. The lowest BCUT2D eigenvalue weighted by molar-refractivity contribution is -0.129. The number of ether oxygens (including phenoxy) is 1. The summed E-state index contributed by atoms with van der Waals surface area (Å²) in [4.78, 5) is 17.4. The van der Waals surface area contributed by atoms with E-state index in [0.29, 0.717) is 19.0 Å². The van der Waals surface area contributed by atoms with Crippen molar-refractivity contribution in [1.29, 1.82) is 0 Å². The van der Waals surface area contributed by atoms with E-state index in [4.69, 9.17) is 4.74 Å². The van der Waals surface area contributed by atoms with Gasteiger partial charge in [-0.3, -0.25) is 9.36 Å². The van der Waals surface area contributed by atoms with E-state index in [2.05, 4.69) is 76.5 Å². The molecule has 2 saturated heterocycles. The third-order valence-electron chi connectivity index (χ3n) is 6.37. The second-order valence-corrected chi connectivity index (χ2v) is 10.5. The predicted molar refractivity (Wildman–Crippen MR) is 128 cm³/mol. The summed E-state index contributed by atoms with van der Waals surface area (Å²) in [5.74, 6) is 1.44. The molecule has 2 aliphatic rings. The Hall–Kier alpha value is -2.06. The van der Waals surface area contributed by atoms with E-state index in [1.54, 1.807) is 0 Å². The Morgan fingerprint density at radius 1 is 1.12 bits per heavy atom. The molecule has 174 valence electrons. The van der Waals surface area contributed by atoms with Crippen molar-refractivity contribution in [3.8, 4) is 0 Å². The number of anilines is 1. The van der Waals surface area contributed by atoms with Crippen LogP contribution in [0.15, 0.2) is 29.4 Å². The Morgan fingerprint density at radius 3 is 2.50 bits per heavy atom. The van der Waals surface area contributed by atoms with Gasteiger partial charge in [0.1, 0.15) is 0 Å². The molecule has 8 heteroatoms. The van der Waals surface area contributed by atoms with E-state index in [-0.39, 0.29) is 17.4 Å². The molecular weight excluding hydrogens is 422 g/mol. The summed E-state index contributed by atoms with van der Waals surface area (Å²) in [5.41, 5.74) is 2.69. The normalized spacial score (nSPS) is 19.6. The van der Waals surface area contributed by atoms with Crippen molar-refractivity contribution in [3.05, 3.63) is 35.4 Å². The lowest BCUT2D eigenvalue weighted by Crippen LogP contribution is -2.38. The maximum Gasteiger partial charge on any atom is 0.233 e. The summed E-state index contributed by atoms with van der Waals surface area (Å²) in [6.07, 6.45) is 2.08. The van der Waals surface area contributed by atoms with Gasteiger partial charge in [0.2, 0.25) is 11.9 Å². The average molecular weight is 458 g/mol. The van der Waals surface area contributed by atoms with Crippen LogP contribution < -0.4 is 4.90 Å². The van der Waals surface area contributed by atoms with Gasteiger partial charge in [-0.15, -0.1) is 10.2 Å². The molecule has 0 aliphatic carbocycles. The van der Waals surface area contributed by atoms with Crippen molar-refractivity contribution in [2.45, 2.75) is 63.7 Å². The van der Waals surface area contributed by atoms with Crippen molar-refractivity contribution in [2.24, 2.45) is 0 Å². The van der Waals surface area contributed by atoms with Crippen molar-refractivity contribution in [3.63, 3.8) is 0 Å². The third-order valence-corrected chi connectivity index (χ3v) is 7.32. The number of thioether (sulfide) groups is 1. The molecular formula is C24H35N5O2S. The van der Waals surface area contributed by atoms with Crippen molar-refractivity contribution in [2.75, 3.05) is 43.5 Å². The van der Waals surface area contributed by atoms with Crippen LogP contribution in [0.1, 0.15) is 57.7 Å². The number of morpholine rings is 1. The molecule has 3 heterocycles. The van der Waals surface area contributed by atoms with Crippen LogP contribution in [0.25, 0.3) is 0 Å². The summed E-state index contributed by atoms with van der Waals surface area (Å²) in [6.45, 7) is 13.5. The molecule has 1 aromatic heterocycles. The molecule has 2 aromatic rings. The second kappa shape index (κ2) is 9.83. The fourth-order valence-corrected chi connectivity index (χ4v) is 5.37. The molecule has 1 atom stereocenters. The molecule has 2 fully saturated rings. The van der Waals surface area contributed by atoms with Gasteiger partial charge in [-0.25, -0.2) is 0 Å². The van der Waals surface area contributed by atoms with Crippen molar-refractivity contribution in [1.82, 2.24) is 19.7 Å². The molecule has 0 bridgehead atoms. The molecule has 4 rings (SSSR count). The number of hydrogen-bond acceptors (Lipinski definition) is 6. The maximum atomic E-state index is 13.2. The molecule has 32 heavy (non-hydrogen) atoms. The Kier molecular flexibility index (Phi) is 7.10. The number of amides is 1. The smallest absolute Gasteiger partial charge is 0.233 e. The largest absolute Gasteiger partial charge is 0.378 e. The van der Waals surface area contributed by atoms with Crippen LogP contribution in [-0.2, 0) is 21.5 Å². The molecule has 2 aliphatic heterocycles. The fourth-order valence-electron chi connectivity index (χ4n) is 4.49. The molecule has 7 nitrogen and oxygen atoms in total. The molecule has 0 saturated carbocycles. The Labute approximate surface area is 195 Å². The van der Waals surface area contributed by atoms with Crippen molar-refractivity contribution >= 4 is 23.6 Å². The Balaban J connectivity index is 1.41. The highest BCUT2D eigenvalue weighted by molar-refractivity contribution is 7.99. The topological polar surface area (TPSA) is 63.5 Å². The van der Waals surface area contributed by atoms with Crippen LogP contribution >= 0.6 is 11.8 Å². The molecule has 1 amide bonds. The number of rotatable bonds is 6. The summed E-state index contributed by atoms with van der Waals surface area (Å²) >= 11 is 1.49. The molecule has 0 radical (unpaired) electrons. The first-order valence-corrected chi connectivity index (χ1v) is 12.7. The van der Waals surface area contributed by atoms with Crippen LogP contribution in [0.4, 0.5) is 5.95 Å². The molecule has 0 spiro atoms. The maximum absolute atomic E-state index is 13.2. The van der Waals surface area contributed by atoms with Crippen LogP contribution in [0.5, 0.6) is 0 Å². The van der Waals surface area contributed by atoms with Gasteiger partial charge in [-0.1, -0.05) is 56.8 Å². The fraction of sp³-hybridized carbons (Fsp3) is 0.625. The lowest BCUT2D eigenvalue weighted by atomic mass is 9.86. The van der Waals surface area contributed by atoms with Gasteiger partial charge < -0.3 is 14.5 Å². The highest BCUT2D eigenvalue weighted by Crippen LogP contribution is 2.34. The SMILES string of the molecule is CCn1c(SCC(=O)N2CCCC2c2ccc(C(C)(C)C)cc2)nnc1N1CCOCC1. The molecule has 1 aromatic carbocycles. The molecule has 1 unspecified atom stereocenters. The molecule has 0 N–H and O–H groups in total. The van der Waals surface area contributed by atoms with Crippen LogP contribution in [0, 0.1) is 0 Å². The summed E-state index contributed by atoms with van der Waals surface area (Å²) in [5, 5.41) is 9.62. The summed E-state index contributed by atoms with van der Waals surface area (Å²) in [7, 11) is 0. The van der Waals surface area contributed by atoms with Gasteiger partial charge in [-0.05, 0) is 36.3 Å². The van der Waals surface area contributed by atoms with Crippen LogP contribution in [0.3, 0.4) is 0 Å². The monoisotopic (exact) mass is 457 g/mol. The minimum Gasteiger partial charge on any atom is -0.378 e. The first-order chi connectivity index (χ1) is 15.4. The Bertz CT molecular complexity index is 915. The average Bonchev–Trinajstić information content (AvgIpc) is 3.44. The second-order valence-electron chi connectivity index (χ2n) is 9.53. The number of likely N-dealkylation sites (tertiary alicyclic amines) is 1. The minimum atomic E-state index is 0.135. The number of hydrogen-bond donors (Lipinski definition) is 0. The number of aromatic nitrogens is 3. The third kappa shape index (κ3) is 4.96. The van der Waals surface area contributed by atoms with Crippen LogP contribution in [0.2, 0.25) is 0 Å². The summed E-state index contributed by atoms with van der Waals surface area (Å²) < 4.78 is 7.56. The van der Waals surface area contributed by atoms with E-state index >= 15 is 0 Å². The van der Waals surface area contributed by atoms with Gasteiger partial charge >= 0.3 is 0 Å². The number of nitrogens with zero attached hydrogens (tertiary/aromatic N) is 5.